The Labute approximate surface area is 142 Å². The van der Waals surface area contributed by atoms with Gasteiger partial charge in [0.05, 0.1) is 0 Å². The van der Waals surface area contributed by atoms with Gasteiger partial charge in [0, 0.05) is 48.5 Å². The molecule has 24 heavy (non-hydrogen) atoms. The van der Waals surface area contributed by atoms with Crippen LogP contribution in [0.25, 0.3) is 5.65 Å². The van der Waals surface area contributed by atoms with Gasteiger partial charge in [-0.2, -0.15) is 0 Å². The average Bonchev–Trinajstić information content (AvgIpc) is 2.91. The normalized spacial score (nSPS) is 11.9. The van der Waals surface area contributed by atoms with Crippen molar-refractivity contribution in [3.8, 4) is 0 Å². The van der Waals surface area contributed by atoms with Crippen LogP contribution in [0.15, 0.2) is 43.0 Å². The summed E-state index contributed by atoms with van der Waals surface area (Å²) in [7, 11) is 0. The number of fused-ring (bicyclic) bond motifs is 1. The molecule has 0 atom stereocenters. The van der Waals surface area contributed by atoms with E-state index in [1.54, 1.807) is 6.20 Å². The lowest BCUT2D eigenvalue weighted by molar-refractivity contribution is 0.551. The van der Waals surface area contributed by atoms with Crippen LogP contribution in [0.1, 0.15) is 33.4 Å². The molecule has 0 unspecified atom stereocenters. The minimum Gasteiger partial charge on any atom is -0.365 e. The van der Waals surface area contributed by atoms with Crippen molar-refractivity contribution < 1.29 is 0 Å². The lowest BCUT2D eigenvalue weighted by atomic mass is 9.98. The number of imidazole rings is 1. The second-order valence-electron chi connectivity index (χ2n) is 6.92. The zero-order chi connectivity index (χ0) is 17.2. The highest BCUT2D eigenvalue weighted by Crippen LogP contribution is 2.21. The van der Waals surface area contributed by atoms with E-state index in [0.717, 1.165) is 29.4 Å². The van der Waals surface area contributed by atoms with Gasteiger partial charge >= 0.3 is 0 Å². The molecule has 3 aromatic rings. The summed E-state index contributed by atoms with van der Waals surface area (Å²) in [5, 5.41) is 6.83. The predicted molar refractivity (Wildman–Crippen MR) is 97.4 cm³/mol. The molecule has 0 saturated heterocycles. The first-order valence-electron chi connectivity index (χ1n) is 8.21. The number of hydrogen-bond acceptors (Lipinski definition) is 5. The van der Waals surface area contributed by atoms with Gasteiger partial charge in [0.15, 0.2) is 11.5 Å². The van der Waals surface area contributed by atoms with Crippen molar-refractivity contribution in [2.75, 3.05) is 10.6 Å². The van der Waals surface area contributed by atoms with Gasteiger partial charge in [-0.25, -0.2) is 15.0 Å². The lowest BCUT2D eigenvalue weighted by Gasteiger charge is -2.26. The third kappa shape index (κ3) is 3.64. The Balaban J connectivity index is 1.84. The van der Waals surface area contributed by atoms with E-state index in [0.29, 0.717) is 6.04 Å². The fraction of sp³-hybridized carbons (Fsp3) is 0.389. The fourth-order valence-corrected chi connectivity index (χ4v) is 2.76. The number of rotatable bonds is 6. The van der Waals surface area contributed by atoms with Gasteiger partial charge in [0.2, 0.25) is 0 Å². The molecule has 0 saturated carbocycles. The molecular formula is C18H24N6. The van der Waals surface area contributed by atoms with E-state index in [9.17, 15) is 0 Å². The Morgan fingerprint density at radius 3 is 2.67 bits per heavy atom. The first-order valence-corrected chi connectivity index (χ1v) is 8.21. The van der Waals surface area contributed by atoms with Crippen molar-refractivity contribution in [1.29, 1.82) is 0 Å². The monoisotopic (exact) mass is 324 g/mol. The Morgan fingerprint density at radius 1 is 1.12 bits per heavy atom. The zero-order valence-electron chi connectivity index (χ0n) is 14.6. The molecule has 2 N–H and O–H groups in total. The van der Waals surface area contributed by atoms with Crippen molar-refractivity contribution in [2.45, 2.75) is 45.7 Å². The summed E-state index contributed by atoms with van der Waals surface area (Å²) in [6, 6.07) is 6.19. The summed E-state index contributed by atoms with van der Waals surface area (Å²) >= 11 is 0. The van der Waals surface area contributed by atoms with Gasteiger partial charge in [0.25, 0.3) is 0 Å². The molecule has 6 heteroatoms. The molecule has 3 heterocycles. The largest absolute Gasteiger partial charge is 0.365 e. The van der Waals surface area contributed by atoms with Gasteiger partial charge < -0.3 is 10.6 Å². The van der Waals surface area contributed by atoms with E-state index >= 15 is 0 Å². The maximum atomic E-state index is 4.56. The first-order chi connectivity index (χ1) is 11.4. The summed E-state index contributed by atoms with van der Waals surface area (Å²) in [6.45, 7) is 8.51. The van der Waals surface area contributed by atoms with Gasteiger partial charge in [0.1, 0.15) is 5.82 Å². The second kappa shape index (κ2) is 6.47. The van der Waals surface area contributed by atoms with E-state index in [-0.39, 0.29) is 5.54 Å². The van der Waals surface area contributed by atoms with Crippen LogP contribution >= 0.6 is 0 Å². The Kier molecular flexibility index (Phi) is 4.38. The standard InChI is InChI=1S/C18H24N6/c1-13(2)22-16-17-21-12-14(24(17)10-9-20-16)11-18(3,4)23-15-7-5-6-8-19-15/h5-10,12-13H,11H2,1-4H3,(H,19,23)(H,20,22). The van der Waals surface area contributed by atoms with Gasteiger partial charge in [-0.15, -0.1) is 0 Å². The zero-order valence-corrected chi connectivity index (χ0v) is 14.6. The van der Waals surface area contributed by atoms with E-state index < -0.39 is 0 Å². The van der Waals surface area contributed by atoms with Crippen LogP contribution in [-0.4, -0.2) is 30.9 Å². The topological polar surface area (TPSA) is 67.1 Å². The fourth-order valence-electron chi connectivity index (χ4n) is 2.76. The van der Waals surface area contributed by atoms with Crippen LogP contribution in [0.5, 0.6) is 0 Å². The maximum absolute atomic E-state index is 4.56. The Morgan fingerprint density at radius 2 is 1.96 bits per heavy atom. The highest BCUT2D eigenvalue weighted by atomic mass is 15.1. The number of aromatic nitrogens is 4. The quantitative estimate of drug-likeness (QED) is 0.727. The number of nitrogens with one attached hydrogen (secondary N) is 2. The molecule has 0 fully saturated rings. The van der Waals surface area contributed by atoms with Crippen LogP contribution in [0.4, 0.5) is 11.6 Å². The van der Waals surface area contributed by atoms with E-state index in [1.165, 1.54) is 0 Å². The molecule has 0 bridgehead atoms. The summed E-state index contributed by atoms with van der Waals surface area (Å²) in [5.41, 5.74) is 1.83. The van der Waals surface area contributed by atoms with Crippen molar-refractivity contribution in [3.05, 3.63) is 48.7 Å². The molecule has 3 aromatic heterocycles. The van der Waals surface area contributed by atoms with Crippen LogP contribution in [0.2, 0.25) is 0 Å². The number of nitrogens with zero attached hydrogens (tertiary/aromatic N) is 4. The molecule has 6 nitrogen and oxygen atoms in total. The van der Waals surface area contributed by atoms with Crippen molar-refractivity contribution >= 4 is 17.3 Å². The van der Waals surface area contributed by atoms with Gasteiger partial charge in [-0.05, 0) is 39.8 Å². The summed E-state index contributed by atoms with van der Waals surface area (Å²) in [5.74, 6) is 1.69. The molecule has 0 spiro atoms. The first kappa shape index (κ1) is 16.2. The Bertz CT molecular complexity index is 807. The number of pyridine rings is 1. The van der Waals surface area contributed by atoms with E-state index in [4.69, 9.17) is 0 Å². The smallest absolute Gasteiger partial charge is 0.180 e. The second-order valence-corrected chi connectivity index (χ2v) is 6.92. The minimum atomic E-state index is -0.154. The highest BCUT2D eigenvalue weighted by molar-refractivity contribution is 5.63. The van der Waals surface area contributed by atoms with Crippen LogP contribution in [-0.2, 0) is 6.42 Å². The van der Waals surface area contributed by atoms with Crippen molar-refractivity contribution in [3.63, 3.8) is 0 Å². The maximum Gasteiger partial charge on any atom is 0.180 e. The van der Waals surface area contributed by atoms with Crippen LogP contribution < -0.4 is 10.6 Å². The molecule has 3 rings (SSSR count). The Hall–Kier alpha value is -2.63. The summed E-state index contributed by atoms with van der Waals surface area (Å²) < 4.78 is 2.10. The van der Waals surface area contributed by atoms with Gasteiger partial charge in [-0.3, -0.25) is 4.40 Å². The molecule has 0 aliphatic heterocycles. The van der Waals surface area contributed by atoms with E-state index in [1.807, 2.05) is 36.8 Å². The van der Waals surface area contributed by atoms with E-state index in [2.05, 4.69) is 57.7 Å². The molecule has 126 valence electrons. The molecule has 0 aromatic carbocycles. The van der Waals surface area contributed by atoms with Crippen LogP contribution in [0.3, 0.4) is 0 Å². The third-order valence-corrected chi connectivity index (χ3v) is 3.68. The SMILES string of the molecule is CC(C)Nc1nccn2c(CC(C)(C)Nc3ccccn3)cnc12. The molecule has 0 aliphatic carbocycles. The third-order valence-electron chi connectivity index (χ3n) is 3.68. The minimum absolute atomic E-state index is 0.154. The van der Waals surface area contributed by atoms with Gasteiger partial charge in [-0.1, -0.05) is 6.07 Å². The molecule has 0 radical (unpaired) electrons. The van der Waals surface area contributed by atoms with Crippen molar-refractivity contribution in [1.82, 2.24) is 19.4 Å². The lowest BCUT2D eigenvalue weighted by Crippen LogP contribution is -2.34. The molecule has 0 aliphatic rings. The summed E-state index contributed by atoms with van der Waals surface area (Å²) in [6.07, 6.45) is 8.30. The summed E-state index contributed by atoms with van der Waals surface area (Å²) in [4.78, 5) is 13.3. The molecule has 0 amide bonds. The van der Waals surface area contributed by atoms with Crippen molar-refractivity contribution in [2.24, 2.45) is 0 Å². The molecular weight excluding hydrogens is 300 g/mol. The highest BCUT2D eigenvalue weighted by Gasteiger charge is 2.21. The number of hydrogen-bond donors (Lipinski definition) is 2. The predicted octanol–water partition coefficient (Wildman–Crippen LogP) is 3.38. The average molecular weight is 324 g/mol. The number of anilines is 2. The van der Waals surface area contributed by atoms with Crippen LogP contribution in [0, 0.1) is 0 Å².